The van der Waals surface area contributed by atoms with Gasteiger partial charge in [-0.15, -0.1) is 0 Å². The van der Waals surface area contributed by atoms with E-state index >= 15 is 0 Å². The summed E-state index contributed by atoms with van der Waals surface area (Å²) < 4.78 is 3.30. The Kier molecular flexibility index (Phi) is 4.10. The van der Waals surface area contributed by atoms with Crippen LogP contribution in [0, 0.1) is 5.92 Å². The van der Waals surface area contributed by atoms with Gasteiger partial charge in [0, 0.05) is 18.1 Å². The number of thioether (sulfide) groups is 1. The van der Waals surface area contributed by atoms with Crippen molar-refractivity contribution in [1.82, 2.24) is 9.71 Å². The largest absolute Gasteiger partial charge is 0.305 e. The SMILES string of the molecule is c1cc2c(cn1)SNC(SCC1CCCCC1)=N2. The Morgan fingerprint density at radius 1 is 1.33 bits per heavy atom. The smallest absolute Gasteiger partial charge is 0.172 e. The van der Waals surface area contributed by atoms with E-state index in [-0.39, 0.29) is 0 Å². The van der Waals surface area contributed by atoms with Crippen molar-refractivity contribution < 1.29 is 0 Å². The van der Waals surface area contributed by atoms with Gasteiger partial charge in [0.1, 0.15) is 0 Å². The van der Waals surface area contributed by atoms with E-state index in [0.29, 0.717) is 0 Å². The van der Waals surface area contributed by atoms with E-state index in [1.165, 1.54) is 37.9 Å². The number of amidine groups is 1. The van der Waals surface area contributed by atoms with Gasteiger partial charge in [0.15, 0.2) is 5.17 Å². The monoisotopic (exact) mass is 279 g/mol. The van der Waals surface area contributed by atoms with Crippen LogP contribution in [0.5, 0.6) is 0 Å². The predicted octanol–water partition coefficient (Wildman–Crippen LogP) is 3.99. The minimum Gasteiger partial charge on any atom is -0.305 e. The van der Waals surface area contributed by atoms with Gasteiger partial charge in [-0.1, -0.05) is 31.0 Å². The summed E-state index contributed by atoms with van der Waals surface area (Å²) in [6, 6.07) is 1.98. The summed E-state index contributed by atoms with van der Waals surface area (Å²) in [5.74, 6) is 2.09. The average molecular weight is 279 g/mol. The van der Waals surface area contributed by atoms with Gasteiger partial charge < -0.3 is 4.72 Å². The fraction of sp³-hybridized carbons (Fsp3) is 0.538. The number of aliphatic imine (C=N–C) groups is 1. The number of nitrogens with one attached hydrogen (secondary N) is 1. The number of fused-ring (bicyclic) bond motifs is 1. The molecule has 0 atom stereocenters. The molecule has 1 fully saturated rings. The number of hydrogen-bond acceptors (Lipinski definition) is 5. The standard InChI is InChI=1S/C13H17N3S2/c1-2-4-10(5-3-1)9-17-13-15-11-6-7-14-8-12(11)18-16-13/h6-8,10H,1-5,9H2,(H,15,16). The molecule has 1 aliphatic heterocycles. The summed E-state index contributed by atoms with van der Waals surface area (Å²) in [4.78, 5) is 9.85. The van der Waals surface area contributed by atoms with Crippen LogP contribution in [0.1, 0.15) is 32.1 Å². The van der Waals surface area contributed by atoms with Crippen molar-refractivity contribution in [2.75, 3.05) is 5.75 Å². The molecule has 0 bridgehead atoms. The zero-order valence-corrected chi connectivity index (χ0v) is 11.9. The summed E-state index contributed by atoms with van der Waals surface area (Å²) in [5.41, 5.74) is 1.04. The summed E-state index contributed by atoms with van der Waals surface area (Å²) in [7, 11) is 0. The summed E-state index contributed by atoms with van der Waals surface area (Å²) in [6.07, 6.45) is 10.7. The molecule has 0 spiro atoms. The summed E-state index contributed by atoms with van der Waals surface area (Å²) in [6.45, 7) is 0. The third kappa shape index (κ3) is 3.01. The van der Waals surface area contributed by atoms with E-state index in [9.17, 15) is 0 Å². The van der Waals surface area contributed by atoms with Crippen molar-refractivity contribution in [2.24, 2.45) is 10.9 Å². The zero-order chi connectivity index (χ0) is 12.2. The molecule has 2 heterocycles. The Hall–Kier alpha value is -0.680. The third-order valence-electron chi connectivity index (χ3n) is 3.41. The number of rotatable bonds is 2. The fourth-order valence-corrected chi connectivity index (χ4v) is 4.21. The molecule has 1 saturated carbocycles. The second-order valence-corrected chi connectivity index (χ2v) is 6.64. The Morgan fingerprint density at radius 3 is 3.11 bits per heavy atom. The molecule has 3 nitrogen and oxygen atoms in total. The maximum absolute atomic E-state index is 4.64. The fourth-order valence-electron chi connectivity index (χ4n) is 2.39. The number of aromatic nitrogens is 1. The molecule has 0 saturated heterocycles. The van der Waals surface area contributed by atoms with Crippen LogP contribution in [0.3, 0.4) is 0 Å². The maximum Gasteiger partial charge on any atom is 0.172 e. The lowest BCUT2D eigenvalue weighted by Crippen LogP contribution is -2.18. The molecule has 2 aliphatic rings. The van der Waals surface area contributed by atoms with Crippen molar-refractivity contribution in [3.05, 3.63) is 18.5 Å². The minimum atomic E-state index is 0.886. The molecular weight excluding hydrogens is 262 g/mol. The number of pyridine rings is 1. The highest BCUT2D eigenvalue weighted by atomic mass is 32.2. The lowest BCUT2D eigenvalue weighted by atomic mass is 9.91. The van der Waals surface area contributed by atoms with E-state index in [4.69, 9.17) is 0 Å². The maximum atomic E-state index is 4.64. The molecule has 0 radical (unpaired) electrons. The van der Waals surface area contributed by atoms with Crippen LogP contribution in [-0.4, -0.2) is 15.9 Å². The highest BCUT2D eigenvalue weighted by Crippen LogP contribution is 2.33. The molecule has 1 aliphatic carbocycles. The van der Waals surface area contributed by atoms with Gasteiger partial charge in [-0.2, -0.15) is 0 Å². The highest BCUT2D eigenvalue weighted by Gasteiger charge is 2.17. The Bertz CT molecular complexity index is 442. The lowest BCUT2D eigenvalue weighted by molar-refractivity contribution is 0.391. The van der Waals surface area contributed by atoms with Crippen LogP contribution < -0.4 is 4.72 Å². The zero-order valence-electron chi connectivity index (χ0n) is 10.3. The third-order valence-corrected chi connectivity index (χ3v) is 5.48. The van der Waals surface area contributed by atoms with Crippen LogP contribution in [0.25, 0.3) is 0 Å². The molecule has 5 heteroatoms. The average Bonchev–Trinajstić information content (AvgIpc) is 2.46. The second-order valence-electron chi connectivity index (χ2n) is 4.78. The van der Waals surface area contributed by atoms with E-state index < -0.39 is 0 Å². The Morgan fingerprint density at radius 2 is 2.22 bits per heavy atom. The van der Waals surface area contributed by atoms with Crippen molar-refractivity contribution in [1.29, 1.82) is 0 Å². The van der Waals surface area contributed by atoms with Gasteiger partial charge >= 0.3 is 0 Å². The highest BCUT2D eigenvalue weighted by molar-refractivity contribution is 8.15. The van der Waals surface area contributed by atoms with Crippen LogP contribution in [0.2, 0.25) is 0 Å². The first-order valence-corrected chi connectivity index (χ1v) is 8.30. The first-order valence-electron chi connectivity index (χ1n) is 6.50. The van der Waals surface area contributed by atoms with Crippen LogP contribution in [0.15, 0.2) is 28.3 Å². The predicted molar refractivity (Wildman–Crippen MR) is 79.4 cm³/mol. The minimum absolute atomic E-state index is 0.886. The van der Waals surface area contributed by atoms with Gasteiger partial charge in [-0.05, 0) is 36.8 Å². The van der Waals surface area contributed by atoms with Gasteiger partial charge in [0.25, 0.3) is 0 Å². The molecule has 3 rings (SSSR count). The molecule has 0 unspecified atom stereocenters. The van der Waals surface area contributed by atoms with Gasteiger partial charge in [0.05, 0.1) is 10.6 Å². The first-order chi connectivity index (χ1) is 8.92. The Balaban J connectivity index is 1.59. The molecule has 0 amide bonds. The lowest BCUT2D eigenvalue weighted by Gasteiger charge is -2.22. The van der Waals surface area contributed by atoms with E-state index in [1.807, 2.05) is 24.0 Å². The molecule has 1 aromatic heterocycles. The van der Waals surface area contributed by atoms with Crippen LogP contribution in [0.4, 0.5) is 5.69 Å². The van der Waals surface area contributed by atoms with E-state index in [0.717, 1.165) is 21.7 Å². The van der Waals surface area contributed by atoms with E-state index in [1.54, 1.807) is 18.1 Å². The summed E-state index contributed by atoms with van der Waals surface area (Å²) in [5, 5.41) is 1.05. The second kappa shape index (κ2) is 5.97. The number of hydrogen-bond donors (Lipinski definition) is 1. The topological polar surface area (TPSA) is 37.3 Å². The Labute approximate surface area is 116 Å². The first kappa shape index (κ1) is 12.4. The van der Waals surface area contributed by atoms with Crippen molar-refractivity contribution in [3.63, 3.8) is 0 Å². The van der Waals surface area contributed by atoms with Gasteiger partial charge in [-0.3, -0.25) is 4.98 Å². The molecular formula is C13H17N3S2. The normalized spacial score (nSPS) is 19.9. The van der Waals surface area contributed by atoms with Gasteiger partial charge in [-0.25, -0.2) is 4.99 Å². The van der Waals surface area contributed by atoms with Crippen molar-refractivity contribution in [3.8, 4) is 0 Å². The van der Waals surface area contributed by atoms with Crippen LogP contribution >= 0.6 is 23.7 Å². The molecule has 96 valence electrons. The number of nitrogens with zero attached hydrogens (tertiary/aromatic N) is 2. The molecule has 18 heavy (non-hydrogen) atoms. The quantitative estimate of drug-likeness (QED) is 0.831. The van der Waals surface area contributed by atoms with Crippen molar-refractivity contribution in [2.45, 2.75) is 37.0 Å². The molecule has 1 aromatic rings. The van der Waals surface area contributed by atoms with Crippen LogP contribution in [-0.2, 0) is 0 Å². The molecule has 0 aromatic carbocycles. The van der Waals surface area contributed by atoms with Crippen molar-refractivity contribution >= 4 is 34.6 Å². The van der Waals surface area contributed by atoms with Gasteiger partial charge in [0.2, 0.25) is 0 Å². The molecule has 1 N–H and O–H groups in total. The summed E-state index contributed by atoms with van der Waals surface area (Å²) >= 11 is 3.48. The van der Waals surface area contributed by atoms with E-state index in [2.05, 4.69) is 14.7 Å².